The predicted molar refractivity (Wildman–Crippen MR) is 39.9 cm³/mol. The summed E-state index contributed by atoms with van der Waals surface area (Å²) in [6.45, 7) is 4.50. The zero-order chi connectivity index (χ0) is 8.27. The third-order valence-corrected chi connectivity index (χ3v) is 1.49. The summed E-state index contributed by atoms with van der Waals surface area (Å²) in [6, 6.07) is -0.318. The van der Waals surface area contributed by atoms with Gasteiger partial charge in [-0.05, 0) is 0 Å². The predicted octanol–water partition coefficient (Wildman–Crippen LogP) is 0.114. The van der Waals surface area contributed by atoms with Crippen molar-refractivity contribution >= 4 is 11.9 Å². The summed E-state index contributed by atoms with van der Waals surface area (Å²) in [4.78, 5) is 23.1. The van der Waals surface area contributed by atoms with Crippen molar-refractivity contribution in [2.24, 2.45) is 0 Å². The summed E-state index contributed by atoms with van der Waals surface area (Å²) in [5.74, 6) is -0.199. The molecule has 1 aliphatic rings. The SMILES string of the molecule is C=CCN1CCC(=O)NC1=O. The first kappa shape index (κ1) is 7.78. The van der Waals surface area contributed by atoms with Gasteiger partial charge < -0.3 is 4.90 Å². The number of carbonyl (C=O) groups excluding carboxylic acids is 2. The molecular weight excluding hydrogens is 144 g/mol. The fourth-order valence-corrected chi connectivity index (χ4v) is 0.929. The van der Waals surface area contributed by atoms with Crippen LogP contribution in [0.3, 0.4) is 0 Å². The van der Waals surface area contributed by atoms with Gasteiger partial charge in [-0.25, -0.2) is 4.79 Å². The molecule has 60 valence electrons. The lowest BCUT2D eigenvalue weighted by Crippen LogP contribution is -2.49. The molecule has 4 nitrogen and oxygen atoms in total. The van der Waals surface area contributed by atoms with Gasteiger partial charge in [0.25, 0.3) is 0 Å². The summed E-state index contributed by atoms with van der Waals surface area (Å²) in [6.07, 6.45) is 2.02. The molecule has 0 aromatic heterocycles. The lowest BCUT2D eigenvalue weighted by Gasteiger charge is -2.24. The minimum atomic E-state index is -0.318. The van der Waals surface area contributed by atoms with Gasteiger partial charge in [0, 0.05) is 19.5 Å². The first-order valence-corrected chi connectivity index (χ1v) is 3.43. The summed E-state index contributed by atoms with van der Waals surface area (Å²) in [7, 11) is 0. The third-order valence-electron chi connectivity index (χ3n) is 1.49. The standard InChI is InChI=1S/C7H10N2O2/c1-2-4-9-5-3-6(10)8-7(9)11/h2H,1,3-5H2,(H,8,10,11). The van der Waals surface area contributed by atoms with Gasteiger partial charge in [0.2, 0.25) is 5.91 Å². The van der Waals surface area contributed by atoms with Gasteiger partial charge in [0.1, 0.15) is 0 Å². The van der Waals surface area contributed by atoms with Gasteiger partial charge in [-0.3, -0.25) is 10.1 Å². The van der Waals surface area contributed by atoms with Gasteiger partial charge in [0.15, 0.2) is 0 Å². The van der Waals surface area contributed by atoms with Crippen molar-refractivity contribution in [2.75, 3.05) is 13.1 Å². The molecule has 1 rings (SSSR count). The number of nitrogens with zero attached hydrogens (tertiary/aromatic N) is 1. The minimum absolute atomic E-state index is 0.199. The van der Waals surface area contributed by atoms with Crippen LogP contribution in [0.15, 0.2) is 12.7 Å². The van der Waals surface area contributed by atoms with Crippen LogP contribution in [0.25, 0.3) is 0 Å². The molecule has 11 heavy (non-hydrogen) atoms. The topological polar surface area (TPSA) is 49.4 Å². The second-order valence-electron chi connectivity index (χ2n) is 2.34. The monoisotopic (exact) mass is 154 g/mol. The molecule has 0 unspecified atom stereocenters. The Morgan fingerprint density at radius 2 is 2.36 bits per heavy atom. The summed E-state index contributed by atoms with van der Waals surface area (Å²) >= 11 is 0. The quantitative estimate of drug-likeness (QED) is 0.574. The highest BCUT2D eigenvalue weighted by Gasteiger charge is 2.20. The minimum Gasteiger partial charge on any atom is -0.320 e. The van der Waals surface area contributed by atoms with Crippen molar-refractivity contribution in [2.45, 2.75) is 6.42 Å². The van der Waals surface area contributed by atoms with Gasteiger partial charge in [-0.15, -0.1) is 6.58 Å². The van der Waals surface area contributed by atoms with Crippen LogP contribution in [0.4, 0.5) is 4.79 Å². The number of rotatable bonds is 2. The highest BCUT2D eigenvalue weighted by atomic mass is 16.2. The van der Waals surface area contributed by atoms with E-state index in [0.717, 1.165) is 0 Å². The van der Waals surface area contributed by atoms with Gasteiger partial charge in [-0.2, -0.15) is 0 Å². The molecule has 0 aliphatic carbocycles. The van der Waals surface area contributed by atoms with E-state index in [9.17, 15) is 9.59 Å². The second-order valence-corrected chi connectivity index (χ2v) is 2.34. The van der Waals surface area contributed by atoms with Crippen LogP contribution in [-0.2, 0) is 4.79 Å². The molecular formula is C7H10N2O2. The molecule has 0 atom stereocenters. The van der Waals surface area contributed by atoms with Crippen LogP contribution >= 0.6 is 0 Å². The zero-order valence-electron chi connectivity index (χ0n) is 6.17. The lowest BCUT2D eigenvalue weighted by atomic mass is 10.3. The van der Waals surface area contributed by atoms with Crippen molar-refractivity contribution in [3.05, 3.63) is 12.7 Å². The van der Waals surface area contributed by atoms with Crippen molar-refractivity contribution in [3.63, 3.8) is 0 Å². The lowest BCUT2D eigenvalue weighted by molar-refractivity contribution is -0.121. The van der Waals surface area contributed by atoms with Crippen LogP contribution < -0.4 is 5.32 Å². The van der Waals surface area contributed by atoms with E-state index in [1.54, 1.807) is 6.08 Å². The Bertz CT molecular complexity index is 201. The smallest absolute Gasteiger partial charge is 0.320 e. The van der Waals surface area contributed by atoms with Crippen LogP contribution in [0, 0.1) is 0 Å². The molecule has 0 bridgehead atoms. The Labute approximate surface area is 64.9 Å². The molecule has 1 fully saturated rings. The third kappa shape index (κ3) is 1.80. The maximum Gasteiger partial charge on any atom is 0.324 e. The van der Waals surface area contributed by atoms with E-state index in [4.69, 9.17) is 0 Å². The van der Waals surface area contributed by atoms with Crippen molar-refractivity contribution in [1.29, 1.82) is 0 Å². The van der Waals surface area contributed by atoms with E-state index in [0.29, 0.717) is 19.5 Å². The van der Waals surface area contributed by atoms with E-state index < -0.39 is 0 Å². The van der Waals surface area contributed by atoms with Gasteiger partial charge in [-0.1, -0.05) is 6.08 Å². The number of carbonyl (C=O) groups is 2. The number of urea groups is 1. The van der Waals surface area contributed by atoms with Crippen LogP contribution in [0.2, 0.25) is 0 Å². The Kier molecular flexibility index (Phi) is 2.25. The van der Waals surface area contributed by atoms with Gasteiger partial charge in [0.05, 0.1) is 0 Å². The molecule has 1 saturated heterocycles. The summed E-state index contributed by atoms with van der Waals surface area (Å²) < 4.78 is 0. The molecule has 0 aromatic rings. The second kappa shape index (κ2) is 3.18. The van der Waals surface area contributed by atoms with E-state index >= 15 is 0 Å². The van der Waals surface area contributed by atoms with E-state index in [2.05, 4.69) is 11.9 Å². The first-order valence-electron chi connectivity index (χ1n) is 3.43. The van der Waals surface area contributed by atoms with Gasteiger partial charge >= 0.3 is 6.03 Å². The van der Waals surface area contributed by atoms with Crippen molar-refractivity contribution in [3.8, 4) is 0 Å². The zero-order valence-corrected chi connectivity index (χ0v) is 6.17. The highest BCUT2D eigenvalue weighted by Crippen LogP contribution is 1.99. The Balaban J connectivity index is 2.50. The number of imide groups is 1. The molecule has 0 saturated carbocycles. The number of hydrogen-bond acceptors (Lipinski definition) is 2. The van der Waals surface area contributed by atoms with E-state index in [-0.39, 0.29) is 11.9 Å². The number of amides is 3. The fourth-order valence-electron chi connectivity index (χ4n) is 0.929. The molecule has 1 heterocycles. The molecule has 3 amide bonds. The molecule has 1 N–H and O–H groups in total. The maximum absolute atomic E-state index is 10.9. The number of hydrogen-bond donors (Lipinski definition) is 1. The normalized spacial score (nSPS) is 18.0. The molecule has 4 heteroatoms. The van der Waals surface area contributed by atoms with Crippen molar-refractivity contribution in [1.82, 2.24) is 10.2 Å². The largest absolute Gasteiger partial charge is 0.324 e. The summed E-state index contributed by atoms with van der Waals surface area (Å²) in [5.41, 5.74) is 0. The average molecular weight is 154 g/mol. The summed E-state index contributed by atoms with van der Waals surface area (Å²) in [5, 5.41) is 2.21. The maximum atomic E-state index is 10.9. The highest BCUT2D eigenvalue weighted by molar-refractivity contribution is 5.96. The van der Waals surface area contributed by atoms with Crippen LogP contribution in [0.5, 0.6) is 0 Å². The number of nitrogens with one attached hydrogen (secondary N) is 1. The molecule has 0 spiro atoms. The van der Waals surface area contributed by atoms with Crippen LogP contribution in [-0.4, -0.2) is 29.9 Å². The van der Waals surface area contributed by atoms with Crippen LogP contribution in [0.1, 0.15) is 6.42 Å². The van der Waals surface area contributed by atoms with E-state index in [1.165, 1.54) is 4.90 Å². The molecule has 1 aliphatic heterocycles. The first-order chi connectivity index (χ1) is 5.24. The Morgan fingerprint density at radius 1 is 1.64 bits per heavy atom. The average Bonchev–Trinajstić information content (AvgIpc) is 1.95. The Hall–Kier alpha value is -1.32. The molecule has 0 aromatic carbocycles. The van der Waals surface area contributed by atoms with Crippen molar-refractivity contribution < 1.29 is 9.59 Å². The fraction of sp³-hybridized carbons (Fsp3) is 0.429. The molecule has 0 radical (unpaired) electrons. The Morgan fingerprint density at radius 3 is 2.91 bits per heavy atom. The van der Waals surface area contributed by atoms with E-state index in [1.807, 2.05) is 0 Å².